The summed E-state index contributed by atoms with van der Waals surface area (Å²) in [5, 5.41) is 13.1. The number of hydrogen-bond acceptors (Lipinski definition) is 5. The number of amides is 1. The molecule has 0 radical (unpaired) electrons. The van der Waals surface area contributed by atoms with E-state index < -0.39 is 18.1 Å². The average molecular weight is 395 g/mol. The van der Waals surface area contributed by atoms with Crippen molar-refractivity contribution in [2.24, 2.45) is 11.7 Å². The zero-order chi connectivity index (χ0) is 19.1. The molecule has 6 nitrogen and oxygen atoms in total. The molecule has 3 atom stereocenters. The predicted octanol–water partition coefficient (Wildman–Crippen LogP) is 2.61. The third-order valence-electron chi connectivity index (χ3n) is 4.36. The van der Waals surface area contributed by atoms with Gasteiger partial charge in [0.25, 0.3) is 0 Å². The first kappa shape index (κ1) is 22.8. The van der Waals surface area contributed by atoms with Crippen molar-refractivity contribution >= 4 is 18.3 Å². The van der Waals surface area contributed by atoms with E-state index in [1.165, 1.54) is 0 Å². The Labute approximate surface area is 166 Å². The summed E-state index contributed by atoms with van der Waals surface area (Å²) in [5.41, 5.74) is 7.67. The van der Waals surface area contributed by atoms with E-state index in [1.54, 1.807) is 39.3 Å². The highest BCUT2D eigenvalue weighted by molar-refractivity contribution is 5.85. The van der Waals surface area contributed by atoms with Gasteiger partial charge in [0.1, 0.15) is 11.5 Å². The van der Waals surface area contributed by atoms with Crippen LogP contribution in [0.15, 0.2) is 48.5 Å². The third-order valence-corrected chi connectivity index (χ3v) is 4.36. The van der Waals surface area contributed by atoms with Crippen LogP contribution in [0.1, 0.15) is 30.2 Å². The molecule has 1 amide bonds. The molecule has 0 aromatic heterocycles. The van der Waals surface area contributed by atoms with E-state index in [-0.39, 0.29) is 24.9 Å². The average Bonchev–Trinajstić information content (AvgIpc) is 2.70. The summed E-state index contributed by atoms with van der Waals surface area (Å²) in [6, 6.07) is 14.2. The van der Waals surface area contributed by atoms with Gasteiger partial charge in [0.15, 0.2) is 0 Å². The van der Waals surface area contributed by atoms with Crippen LogP contribution >= 0.6 is 12.4 Å². The number of nitrogens with one attached hydrogen (secondary N) is 1. The molecule has 2 aromatic carbocycles. The molecular formula is C20H27ClN2O4. The highest BCUT2D eigenvalue weighted by Gasteiger charge is 2.23. The molecule has 4 N–H and O–H groups in total. The van der Waals surface area contributed by atoms with E-state index in [9.17, 15) is 9.90 Å². The zero-order valence-corrected chi connectivity index (χ0v) is 16.5. The molecule has 2 aromatic rings. The lowest BCUT2D eigenvalue weighted by atomic mass is 9.94. The van der Waals surface area contributed by atoms with Crippen molar-refractivity contribution in [1.29, 1.82) is 0 Å². The molecule has 0 heterocycles. The first-order chi connectivity index (χ1) is 12.5. The summed E-state index contributed by atoms with van der Waals surface area (Å²) in [5.74, 6) is 0.507. The van der Waals surface area contributed by atoms with Gasteiger partial charge in [-0.2, -0.15) is 0 Å². The van der Waals surface area contributed by atoms with Gasteiger partial charge in [-0.25, -0.2) is 0 Å². The van der Waals surface area contributed by atoms with Gasteiger partial charge in [0.2, 0.25) is 5.91 Å². The zero-order valence-electron chi connectivity index (χ0n) is 15.7. The number of carbonyl (C=O) groups is 1. The second-order valence-corrected chi connectivity index (χ2v) is 6.13. The molecule has 0 aliphatic rings. The molecule has 0 saturated carbocycles. The highest BCUT2D eigenvalue weighted by Crippen LogP contribution is 2.26. The lowest BCUT2D eigenvalue weighted by Gasteiger charge is -2.21. The fraction of sp³-hybridized carbons (Fsp3) is 0.350. The number of nitrogens with two attached hydrogens (primary N) is 1. The van der Waals surface area contributed by atoms with Crippen LogP contribution < -0.4 is 20.5 Å². The second-order valence-electron chi connectivity index (χ2n) is 6.13. The maximum Gasteiger partial charge on any atom is 0.224 e. The Balaban J connectivity index is 0.00000364. The van der Waals surface area contributed by atoms with Crippen molar-refractivity contribution in [2.45, 2.75) is 19.1 Å². The molecule has 2 rings (SSSR count). The summed E-state index contributed by atoms with van der Waals surface area (Å²) in [7, 11) is 3.08. The molecule has 148 valence electrons. The Kier molecular flexibility index (Phi) is 9.08. The number of aliphatic hydroxyl groups excluding tert-OH is 1. The van der Waals surface area contributed by atoms with Crippen LogP contribution in [0, 0.1) is 5.92 Å². The molecule has 3 unspecified atom stereocenters. The van der Waals surface area contributed by atoms with Crippen LogP contribution in [-0.4, -0.2) is 31.8 Å². The Morgan fingerprint density at radius 2 is 1.63 bits per heavy atom. The Hall–Kier alpha value is -2.28. The first-order valence-corrected chi connectivity index (χ1v) is 8.45. The minimum absolute atomic E-state index is 0. The van der Waals surface area contributed by atoms with Crippen LogP contribution in [0.5, 0.6) is 11.5 Å². The molecule has 0 spiro atoms. The quantitative estimate of drug-likeness (QED) is 0.639. The van der Waals surface area contributed by atoms with Gasteiger partial charge in [-0.05, 0) is 23.3 Å². The molecule has 7 heteroatoms. The molecule has 0 bridgehead atoms. The molecule has 0 aliphatic carbocycles. The van der Waals surface area contributed by atoms with Gasteiger partial charge < -0.3 is 25.6 Å². The van der Waals surface area contributed by atoms with Gasteiger partial charge in [0.05, 0.1) is 26.2 Å². The molecule has 0 saturated heterocycles. The van der Waals surface area contributed by atoms with E-state index in [2.05, 4.69) is 5.32 Å². The Morgan fingerprint density at radius 1 is 1.07 bits per heavy atom. The number of rotatable bonds is 8. The van der Waals surface area contributed by atoms with Crippen molar-refractivity contribution < 1.29 is 19.4 Å². The monoisotopic (exact) mass is 394 g/mol. The minimum atomic E-state index is -0.886. The lowest BCUT2D eigenvalue weighted by Crippen LogP contribution is -2.37. The van der Waals surface area contributed by atoms with Crippen LogP contribution in [-0.2, 0) is 4.79 Å². The van der Waals surface area contributed by atoms with Gasteiger partial charge in [-0.15, -0.1) is 12.4 Å². The number of benzene rings is 2. The van der Waals surface area contributed by atoms with Crippen molar-refractivity contribution in [3.63, 3.8) is 0 Å². The van der Waals surface area contributed by atoms with Crippen LogP contribution in [0.3, 0.4) is 0 Å². The van der Waals surface area contributed by atoms with E-state index in [1.807, 2.05) is 30.3 Å². The summed E-state index contributed by atoms with van der Waals surface area (Å²) in [6.07, 6.45) is -0.886. The number of aliphatic hydroxyl groups is 1. The summed E-state index contributed by atoms with van der Waals surface area (Å²) >= 11 is 0. The van der Waals surface area contributed by atoms with E-state index in [4.69, 9.17) is 15.2 Å². The van der Waals surface area contributed by atoms with Gasteiger partial charge in [0, 0.05) is 18.7 Å². The molecular weight excluding hydrogens is 368 g/mol. The van der Waals surface area contributed by atoms with Crippen molar-refractivity contribution in [3.8, 4) is 11.5 Å². The van der Waals surface area contributed by atoms with Crippen molar-refractivity contribution in [1.82, 2.24) is 5.32 Å². The van der Waals surface area contributed by atoms with Gasteiger partial charge in [-0.1, -0.05) is 37.3 Å². The van der Waals surface area contributed by atoms with E-state index in [0.717, 1.165) is 5.56 Å². The van der Waals surface area contributed by atoms with Gasteiger partial charge >= 0.3 is 0 Å². The smallest absolute Gasteiger partial charge is 0.224 e. The maximum atomic E-state index is 12.4. The second kappa shape index (κ2) is 10.8. The van der Waals surface area contributed by atoms with Gasteiger partial charge in [-0.3, -0.25) is 4.79 Å². The predicted molar refractivity (Wildman–Crippen MR) is 107 cm³/mol. The van der Waals surface area contributed by atoms with Crippen LogP contribution in [0.4, 0.5) is 0 Å². The van der Waals surface area contributed by atoms with E-state index in [0.29, 0.717) is 17.1 Å². The van der Waals surface area contributed by atoms with E-state index >= 15 is 0 Å². The van der Waals surface area contributed by atoms with Crippen LogP contribution in [0.2, 0.25) is 0 Å². The molecule has 0 aliphatic heterocycles. The summed E-state index contributed by atoms with van der Waals surface area (Å²) in [6.45, 7) is 1.84. The number of hydrogen-bond donors (Lipinski definition) is 3. The van der Waals surface area contributed by atoms with Crippen molar-refractivity contribution in [2.75, 3.05) is 20.8 Å². The summed E-state index contributed by atoms with van der Waals surface area (Å²) < 4.78 is 10.4. The minimum Gasteiger partial charge on any atom is -0.497 e. The largest absolute Gasteiger partial charge is 0.497 e. The maximum absolute atomic E-state index is 12.4. The molecule has 27 heavy (non-hydrogen) atoms. The fourth-order valence-electron chi connectivity index (χ4n) is 2.62. The highest BCUT2D eigenvalue weighted by atomic mass is 35.5. The first-order valence-electron chi connectivity index (χ1n) is 8.45. The van der Waals surface area contributed by atoms with Crippen molar-refractivity contribution in [3.05, 3.63) is 59.7 Å². The molecule has 0 fully saturated rings. The topological polar surface area (TPSA) is 93.8 Å². The Morgan fingerprint density at radius 3 is 2.15 bits per heavy atom. The lowest BCUT2D eigenvalue weighted by molar-refractivity contribution is -0.125. The normalized spacial score (nSPS) is 13.7. The summed E-state index contributed by atoms with van der Waals surface area (Å²) in [4.78, 5) is 12.4. The SMILES string of the molecule is COc1cc(OC)cc(C(O)CNC(=O)C(C)C(N)c2ccccc2)c1.Cl. The standard InChI is InChI=1S/C20H26N2O4.ClH/c1-13(19(21)14-7-5-4-6-8-14)20(24)22-12-18(23)15-9-16(25-2)11-17(10-15)26-3;/h4-11,13,18-19,23H,12,21H2,1-3H3,(H,22,24);1H. The fourth-order valence-corrected chi connectivity index (χ4v) is 2.62. The number of halogens is 1. The number of carbonyl (C=O) groups excluding carboxylic acids is 1. The van der Waals surface area contributed by atoms with Crippen LogP contribution in [0.25, 0.3) is 0 Å². The number of methoxy groups -OCH3 is 2. The third kappa shape index (κ3) is 6.13. The Bertz CT molecular complexity index is 705. The number of ether oxygens (including phenoxy) is 2.